The van der Waals surface area contributed by atoms with Crippen molar-refractivity contribution in [2.45, 2.75) is 26.3 Å². The summed E-state index contributed by atoms with van der Waals surface area (Å²) in [5, 5.41) is 8.89. The molecule has 6 heteroatoms. The zero-order valence-corrected chi connectivity index (χ0v) is 11.6. The number of pyridine rings is 1. The normalized spacial score (nSPS) is 12.7. The fourth-order valence-corrected chi connectivity index (χ4v) is 1.34. The third-order valence-electron chi connectivity index (χ3n) is 2.58. The maximum atomic E-state index is 11.7. The van der Waals surface area contributed by atoms with E-state index in [1.54, 1.807) is 31.6 Å². The zero-order chi connectivity index (χ0) is 14.1. The first-order valence-corrected chi connectivity index (χ1v) is 6.32. The number of nitrogens with zero attached hydrogens (tertiary/aromatic N) is 2. The van der Waals surface area contributed by atoms with Crippen molar-refractivity contribution >= 4 is 17.6 Å². The van der Waals surface area contributed by atoms with Gasteiger partial charge in [0.2, 0.25) is 5.91 Å². The molecule has 0 radical (unpaired) electrons. The Kier molecular flexibility index (Phi) is 6.35. The summed E-state index contributed by atoms with van der Waals surface area (Å²) in [6.07, 6.45) is 4.25. The summed E-state index contributed by atoms with van der Waals surface area (Å²) in [4.78, 5) is 19.7. The monoisotopic (exact) mass is 263 g/mol. The Hall–Kier alpha value is -2.11. The van der Waals surface area contributed by atoms with Crippen molar-refractivity contribution in [3.63, 3.8) is 0 Å². The van der Waals surface area contributed by atoms with E-state index in [1.807, 2.05) is 0 Å². The number of hydrogen-bond donors (Lipinski definition) is 3. The van der Waals surface area contributed by atoms with E-state index < -0.39 is 0 Å². The summed E-state index contributed by atoms with van der Waals surface area (Å²) < 4.78 is 0. The van der Waals surface area contributed by atoms with Crippen LogP contribution in [0.3, 0.4) is 0 Å². The van der Waals surface area contributed by atoms with Crippen molar-refractivity contribution in [3.8, 4) is 0 Å². The van der Waals surface area contributed by atoms with Gasteiger partial charge in [-0.05, 0) is 25.5 Å². The topological polar surface area (TPSA) is 78.4 Å². The zero-order valence-electron chi connectivity index (χ0n) is 11.6. The number of rotatable bonds is 5. The quantitative estimate of drug-likeness (QED) is 0.546. The SMILES string of the molecule is CCC(C)NC(=NC)NCC(=O)Nc1cccnc1. The summed E-state index contributed by atoms with van der Waals surface area (Å²) in [6, 6.07) is 3.87. The van der Waals surface area contributed by atoms with E-state index in [4.69, 9.17) is 0 Å². The number of hydrogen-bond acceptors (Lipinski definition) is 3. The standard InChI is InChI=1S/C13H21N5O/c1-4-10(2)17-13(14-3)16-9-12(19)18-11-6-5-7-15-8-11/h5-8,10H,4,9H2,1-3H3,(H,18,19)(H2,14,16,17). The molecule has 1 unspecified atom stereocenters. The lowest BCUT2D eigenvalue weighted by Gasteiger charge is -2.16. The average molecular weight is 263 g/mol. The van der Waals surface area contributed by atoms with Gasteiger partial charge in [0.05, 0.1) is 18.4 Å². The number of guanidine groups is 1. The molecule has 0 aromatic carbocycles. The molecule has 1 amide bonds. The van der Waals surface area contributed by atoms with Crippen LogP contribution in [0.4, 0.5) is 5.69 Å². The summed E-state index contributed by atoms with van der Waals surface area (Å²) in [7, 11) is 1.68. The van der Waals surface area contributed by atoms with Crippen LogP contribution in [0.5, 0.6) is 0 Å². The van der Waals surface area contributed by atoms with Gasteiger partial charge < -0.3 is 16.0 Å². The molecule has 0 aliphatic heterocycles. The molecule has 19 heavy (non-hydrogen) atoms. The number of aromatic nitrogens is 1. The molecule has 0 fully saturated rings. The average Bonchev–Trinajstić information content (AvgIpc) is 2.44. The predicted molar refractivity (Wildman–Crippen MR) is 77.1 cm³/mol. The van der Waals surface area contributed by atoms with E-state index >= 15 is 0 Å². The predicted octanol–water partition coefficient (Wildman–Crippen LogP) is 0.984. The number of anilines is 1. The lowest BCUT2D eigenvalue weighted by atomic mass is 10.3. The largest absolute Gasteiger partial charge is 0.354 e. The van der Waals surface area contributed by atoms with Gasteiger partial charge in [0.25, 0.3) is 0 Å². The maximum absolute atomic E-state index is 11.7. The molecule has 1 aromatic rings. The van der Waals surface area contributed by atoms with E-state index in [2.05, 4.69) is 39.8 Å². The Balaban J connectivity index is 2.37. The van der Waals surface area contributed by atoms with Gasteiger partial charge in [0.1, 0.15) is 0 Å². The highest BCUT2D eigenvalue weighted by atomic mass is 16.1. The summed E-state index contributed by atoms with van der Waals surface area (Å²) in [5.41, 5.74) is 0.680. The second-order valence-corrected chi connectivity index (χ2v) is 4.17. The van der Waals surface area contributed by atoms with E-state index in [-0.39, 0.29) is 12.5 Å². The molecule has 0 bridgehead atoms. The lowest BCUT2D eigenvalue weighted by molar-refractivity contribution is -0.115. The number of nitrogens with one attached hydrogen (secondary N) is 3. The van der Waals surface area contributed by atoms with Gasteiger partial charge in [-0.2, -0.15) is 0 Å². The second kappa shape index (κ2) is 8.07. The molecule has 6 nitrogen and oxygen atoms in total. The minimum atomic E-state index is -0.139. The Morgan fingerprint density at radius 1 is 1.53 bits per heavy atom. The molecule has 1 heterocycles. The van der Waals surface area contributed by atoms with Crippen LogP contribution >= 0.6 is 0 Å². The van der Waals surface area contributed by atoms with Crippen molar-refractivity contribution in [2.75, 3.05) is 18.9 Å². The van der Waals surface area contributed by atoms with Gasteiger partial charge in [0.15, 0.2) is 5.96 Å². The Morgan fingerprint density at radius 3 is 2.89 bits per heavy atom. The molecule has 0 aliphatic rings. The van der Waals surface area contributed by atoms with Gasteiger partial charge in [-0.1, -0.05) is 6.92 Å². The van der Waals surface area contributed by atoms with Gasteiger partial charge in [-0.3, -0.25) is 14.8 Å². The number of amides is 1. The van der Waals surface area contributed by atoms with E-state index in [0.717, 1.165) is 6.42 Å². The summed E-state index contributed by atoms with van der Waals surface area (Å²) >= 11 is 0. The first kappa shape index (κ1) is 14.9. The molecular formula is C13H21N5O. The van der Waals surface area contributed by atoms with Crippen LogP contribution in [-0.2, 0) is 4.79 Å². The minimum Gasteiger partial charge on any atom is -0.354 e. The van der Waals surface area contributed by atoms with Gasteiger partial charge >= 0.3 is 0 Å². The highest BCUT2D eigenvalue weighted by molar-refractivity contribution is 5.94. The van der Waals surface area contributed by atoms with Crippen LogP contribution in [0.15, 0.2) is 29.5 Å². The molecular weight excluding hydrogens is 242 g/mol. The molecule has 1 atom stereocenters. The van der Waals surface area contributed by atoms with Gasteiger partial charge in [-0.25, -0.2) is 0 Å². The second-order valence-electron chi connectivity index (χ2n) is 4.17. The lowest BCUT2D eigenvalue weighted by Crippen LogP contribution is -2.44. The van der Waals surface area contributed by atoms with Crippen LogP contribution in [0.2, 0.25) is 0 Å². The minimum absolute atomic E-state index is 0.139. The first-order chi connectivity index (χ1) is 9.15. The van der Waals surface area contributed by atoms with Crippen LogP contribution in [-0.4, -0.2) is 36.5 Å². The first-order valence-electron chi connectivity index (χ1n) is 6.32. The Morgan fingerprint density at radius 2 is 2.32 bits per heavy atom. The van der Waals surface area contributed by atoms with Gasteiger partial charge in [0, 0.05) is 19.3 Å². The molecule has 0 aliphatic carbocycles. The summed E-state index contributed by atoms with van der Waals surface area (Å²) in [6.45, 7) is 4.30. The van der Waals surface area contributed by atoms with E-state index in [9.17, 15) is 4.79 Å². The molecule has 3 N–H and O–H groups in total. The van der Waals surface area contributed by atoms with Crippen molar-refractivity contribution in [1.82, 2.24) is 15.6 Å². The van der Waals surface area contributed by atoms with Crippen LogP contribution in [0.1, 0.15) is 20.3 Å². The molecule has 1 rings (SSSR count). The Labute approximate surface area is 113 Å². The number of aliphatic imine (C=N–C) groups is 1. The van der Waals surface area contributed by atoms with E-state index in [1.165, 1.54) is 0 Å². The molecule has 0 spiro atoms. The molecule has 0 saturated carbocycles. The fraction of sp³-hybridized carbons (Fsp3) is 0.462. The van der Waals surface area contributed by atoms with E-state index in [0.29, 0.717) is 17.7 Å². The third-order valence-corrected chi connectivity index (χ3v) is 2.58. The van der Waals surface area contributed by atoms with Crippen molar-refractivity contribution < 1.29 is 4.79 Å². The van der Waals surface area contributed by atoms with Crippen LogP contribution < -0.4 is 16.0 Å². The Bertz CT molecular complexity index is 418. The van der Waals surface area contributed by atoms with Crippen molar-refractivity contribution in [2.24, 2.45) is 4.99 Å². The van der Waals surface area contributed by atoms with Crippen molar-refractivity contribution in [3.05, 3.63) is 24.5 Å². The molecule has 0 saturated heterocycles. The highest BCUT2D eigenvalue weighted by Crippen LogP contribution is 2.01. The third kappa shape index (κ3) is 5.85. The van der Waals surface area contributed by atoms with Crippen molar-refractivity contribution in [1.29, 1.82) is 0 Å². The molecule has 1 aromatic heterocycles. The van der Waals surface area contributed by atoms with Crippen LogP contribution in [0.25, 0.3) is 0 Å². The smallest absolute Gasteiger partial charge is 0.243 e. The summed E-state index contributed by atoms with van der Waals surface area (Å²) in [5.74, 6) is 0.482. The highest BCUT2D eigenvalue weighted by Gasteiger charge is 2.06. The number of carbonyl (C=O) groups excluding carboxylic acids is 1. The van der Waals surface area contributed by atoms with Crippen LogP contribution in [0, 0.1) is 0 Å². The van der Waals surface area contributed by atoms with Gasteiger partial charge in [-0.15, -0.1) is 0 Å². The fourth-order valence-electron chi connectivity index (χ4n) is 1.34. The maximum Gasteiger partial charge on any atom is 0.243 e. The molecule has 104 valence electrons. The number of carbonyl (C=O) groups is 1.